The highest BCUT2D eigenvalue weighted by molar-refractivity contribution is 5.48. The maximum atomic E-state index is 4.45. The van der Waals surface area contributed by atoms with Gasteiger partial charge in [0.1, 0.15) is 0 Å². The van der Waals surface area contributed by atoms with Crippen molar-refractivity contribution in [2.24, 2.45) is 7.05 Å². The highest BCUT2D eigenvalue weighted by Gasteiger charge is 2.12. The summed E-state index contributed by atoms with van der Waals surface area (Å²) in [7, 11) is 8.07. The Hall–Kier alpha value is -1.81. The van der Waals surface area contributed by atoms with Crippen LogP contribution in [0.3, 0.4) is 0 Å². The van der Waals surface area contributed by atoms with Gasteiger partial charge in [-0.2, -0.15) is 5.10 Å². The first-order valence-electron chi connectivity index (χ1n) is 6.53. The fourth-order valence-electron chi connectivity index (χ4n) is 2.19. The normalized spacial score (nSPS) is 12.4. The third kappa shape index (κ3) is 3.35. The first-order chi connectivity index (χ1) is 9.10. The summed E-state index contributed by atoms with van der Waals surface area (Å²) in [6, 6.07) is 11.0. The van der Waals surface area contributed by atoms with Crippen LogP contribution in [0, 0.1) is 0 Å². The van der Waals surface area contributed by atoms with Crippen LogP contribution >= 0.6 is 0 Å². The molecule has 0 aliphatic heterocycles. The van der Waals surface area contributed by atoms with E-state index >= 15 is 0 Å². The van der Waals surface area contributed by atoms with Crippen molar-refractivity contribution in [3.05, 3.63) is 47.8 Å². The summed E-state index contributed by atoms with van der Waals surface area (Å²) in [4.78, 5) is 2.12. The summed E-state index contributed by atoms with van der Waals surface area (Å²) in [5.41, 5.74) is 3.62. The summed E-state index contributed by atoms with van der Waals surface area (Å²) in [6.07, 6.45) is 2.88. The number of nitrogens with one attached hydrogen (secondary N) is 1. The molecule has 0 radical (unpaired) electrons. The minimum atomic E-state index is 0.287. The van der Waals surface area contributed by atoms with Crippen molar-refractivity contribution < 1.29 is 0 Å². The van der Waals surface area contributed by atoms with Gasteiger partial charge in [0.2, 0.25) is 0 Å². The second kappa shape index (κ2) is 5.89. The first-order valence-corrected chi connectivity index (χ1v) is 6.53. The van der Waals surface area contributed by atoms with Crippen LogP contribution < -0.4 is 10.2 Å². The van der Waals surface area contributed by atoms with Gasteiger partial charge >= 0.3 is 0 Å². The van der Waals surface area contributed by atoms with Crippen LogP contribution in [-0.2, 0) is 13.5 Å². The average molecular weight is 258 g/mol. The van der Waals surface area contributed by atoms with E-state index in [1.165, 1.54) is 11.3 Å². The Kier molecular flexibility index (Phi) is 4.22. The third-order valence-corrected chi connectivity index (χ3v) is 3.32. The molecule has 4 nitrogen and oxygen atoms in total. The van der Waals surface area contributed by atoms with E-state index in [1.807, 2.05) is 25.0 Å². The van der Waals surface area contributed by atoms with Crippen LogP contribution in [0.4, 0.5) is 5.69 Å². The molecule has 2 aromatic rings. The summed E-state index contributed by atoms with van der Waals surface area (Å²) in [5.74, 6) is 0. The molecule has 0 amide bonds. The predicted octanol–water partition coefficient (Wildman–Crippen LogP) is 1.99. The maximum absolute atomic E-state index is 4.45. The second-order valence-electron chi connectivity index (χ2n) is 5.02. The van der Waals surface area contributed by atoms with Crippen LogP contribution in [0.2, 0.25) is 0 Å². The molecule has 1 aromatic carbocycles. The smallest absolute Gasteiger partial charge is 0.0643 e. The fraction of sp³-hybridized carbons (Fsp3) is 0.400. The van der Waals surface area contributed by atoms with E-state index in [2.05, 4.69) is 59.7 Å². The SMILES string of the molecule is CNC(Cc1ccn(C)n1)c1cccc(N(C)C)c1. The second-order valence-corrected chi connectivity index (χ2v) is 5.02. The topological polar surface area (TPSA) is 33.1 Å². The average Bonchev–Trinajstić information content (AvgIpc) is 2.81. The van der Waals surface area contributed by atoms with Crippen molar-refractivity contribution in [2.75, 3.05) is 26.0 Å². The standard InChI is InChI=1S/C15H22N4/c1-16-15(11-13-8-9-19(4)17-13)12-6-5-7-14(10-12)18(2)3/h5-10,15-16H,11H2,1-4H3. The molecule has 102 valence electrons. The number of rotatable bonds is 5. The number of aryl methyl sites for hydroxylation is 1. The van der Waals surface area contributed by atoms with Gasteiger partial charge < -0.3 is 10.2 Å². The van der Waals surface area contributed by atoms with Gasteiger partial charge in [-0.05, 0) is 30.8 Å². The Labute approximate surface area is 115 Å². The molecule has 0 aliphatic rings. The van der Waals surface area contributed by atoms with Crippen LogP contribution in [0.25, 0.3) is 0 Å². The highest BCUT2D eigenvalue weighted by atomic mass is 15.2. The minimum absolute atomic E-state index is 0.287. The Morgan fingerprint density at radius 2 is 2.11 bits per heavy atom. The van der Waals surface area contributed by atoms with Gasteiger partial charge in [-0.3, -0.25) is 4.68 Å². The third-order valence-electron chi connectivity index (χ3n) is 3.32. The van der Waals surface area contributed by atoms with Crippen molar-refractivity contribution in [3.8, 4) is 0 Å². The van der Waals surface area contributed by atoms with Gasteiger partial charge in [0.15, 0.2) is 0 Å². The van der Waals surface area contributed by atoms with Crippen LogP contribution in [0.1, 0.15) is 17.3 Å². The van der Waals surface area contributed by atoms with Gasteiger partial charge in [0, 0.05) is 45.5 Å². The van der Waals surface area contributed by atoms with E-state index in [9.17, 15) is 0 Å². The number of aromatic nitrogens is 2. The van der Waals surface area contributed by atoms with E-state index in [4.69, 9.17) is 0 Å². The molecule has 1 N–H and O–H groups in total. The lowest BCUT2D eigenvalue weighted by Crippen LogP contribution is -2.20. The summed E-state index contributed by atoms with van der Waals surface area (Å²) in [6.45, 7) is 0. The zero-order chi connectivity index (χ0) is 13.8. The molecule has 0 saturated heterocycles. The Morgan fingerprint density at radius 3 is 2.68 bits per heavy atom. The van der Waals surface area contributed by atoms with Gasteiger partial charge in [0.25, 0.3) is 0 Å². The van der Waals surface area contributed by atoms with E-state index in [-0.39, 0.29) is 6.04 Å². The zero-order valence-electron chi connectivity index (χ0n) is 12.1. The molecule has 2 rings (SSSR count). The van der Waals surface area contributed by atoms with Gasteiger partial charge in [-0.25, -0.2) is 0 Å². The Bertz CT molecular complexity index is 530. The predicted molar refractivity (Wildman–Crippen MR) is 79.5 cm³/mol. The van der Waals surface area contributed by atoms with E-state index in [1.54, 1.807) is 0 Å². The lowest BCUT2D eigenvalue weighted by atomic mass is 10.0. The molecule has 19 heavy (non-hydrogen) atoms. The molecule has 0 bridgehead atoms. The largest absolute Gasteiger partial charge is 0.378 e. The summed E-state index contributed by atoms with van der Waals surface area (Å²) < 4.78 is 1.85. The lowest BCUT2D eigenvalue weighted by Gasteiger charge is -2.19. The van der Waals surface area contributed by atoms with Crippen LogP contribution in [-0.4, -0.2) is 30.9 Å². The van der Waals surface area contributed by atoms with Gasteiger partial charge in [0.05, 0.1) is 5.69 Å². The van der Waals surface area contributed by atoms with Crippen LogP contribution in [0.5, 0.6) is 0 Å². The summed E-state index contributed by atoms with van der Waals surface area (Å²) in [5, 5.41) is 7.82. The van der Waals surface area contributed by atoms with Gasteiger partial charge in [-0.15, -0.1) is 0 Å². The summed E-state index contributed by atoms with van der Waals surface area (Å²) >= 11 is 0. The van der Waals surface area contributed by atoms with Crippen LogP contribution in [0.15, 0.2) is 36.5 Å². The molecule has 1 atom stereocenters. The molecule has 1 heterocycles. The molecule has 1 aromatic heterocycles. The minimum Gasteiger partial charge on any atom is -0.378 e. The molecule has 0 spiro atoms. The zero-order valence-corrected chi connectivity index (χ0v) is 12.1. The number of anilines is 1. The monoisotopic (exact) mass is 258 g/mol. The van der Waals surface area contributed by atoms with Crippen molar-refractivity contribution >= 4 is 5.69 Å². The van der Waals surface area contributed by atoms with Crippen molar-refractivity contribution in [1.82, 2.24) is 15.1 Å². The molecule has 4 heteroatoms. The number of benzene rings is 1. The molecular formula is C15H22N4. The van der Waals surface area contributed by atoms with Crippen molar-refractivity contribution in [2.45, 2.75) is 12.5 Å². The molecule has 0 aliphatic carbocycles. The van der Waals surface area contributed by atoms with Crippen molar-refractivity contribution in [1.29, 1.82) is 0 Å². The number of nitrogens with zero attached hydrogens (tertiary/aromatic N) is 3. The number of hydrogen-bond acceptors (Lipinski definition) is 3. The maximum Gasteiger partial charge on any atom is 0.0643 e. The Balaban J connectivity index is 2.19. The fourth-order valence-corrected chi connectivity index (χ4v) is 2.19. The highest BCUT2D eigenvalue weighted by Crippen LogP contribution is 2.21. The first kappa shape index (κ1) is 13.6. The molecular weight excluding hydrogens is 236 g/mol. The lowest BCUT2D eigenvalue weighted by molar-refractivity contribution is 0.577. The van der Waals surface area contributed by atoms with E-state index in [0.717, 1.165) is 12.1 Å². The molecule has 1 unspecified atom stereocenters. The molecule has 0 fully saturated rings. The molecule has 0 saturated carbocycles. The number of likely N-dealkylation sites (N-methyl/N-ethyl adjacent to an activating group) is 1. The van der Waals surface area contributed by atoms with E-state index < -0.39 is 0 Å². The number of hydrogen-bond donors (Lipinski definition) is 1. The van der Waals surface area contributed by atoms with Gasteiger partial charge in [-0.1, -0.05) is 12.1 Å². The van der Waals surface area contributed by atoms with E-state index in [0.29, 0.717) is 0 Å². The Morgan fingerprint density at radius 1 is 1.32 bits per heavy atom. The quantitative estimate of drug-likeness (QED) is 0.890. The van der Waals surface area contributed by atoms with Crippen molar-refractivity contribution in [3.63, 3.8) is 0 Å².